The summed E-state index contributed by atoms with van der Waals surface area (Å²) in [6.45, 7) is 30.2. The van der Waals surface area contributed by atoms with Gasteiger partial charge in [-0.2, -0.15) is 0 Å². The SMILES string of the molecule is C=CC.CC.CC.CCCCCCC.C\C=C/N=C\C=C/C=C/c1ccc(C)c(C#Cc2ccc(C)c(C)c2)c1.Cc1ccc(C)cc1. The van der Waals surface area contributed by atoms with Gasteiger partial charge in [-0.15, -0.1) is 6.58 Å². The second-order valence-electron chi connectivity index (χ2n) is 10.8. The lowest BCUT2D eigenvalue weighted by atomic mass is 10.0. The zero-order valence-corrected chi connectivity index (χ0v) is 33.1. The lowest BCUT2D eigenvalue weighted by Gasteiger charge is -2.01. The van der Waals surface area contributed by atoms with Crippen molar-refractivity contribution in [2.24, 2.45) is 4.99 Å². The summed E-state index contributed by atoms with van der Waals surface area (Å²) in [5.74, 6) is 6.59. The van der Waals surface area contributed by atoms with E-state index in [0.29, 0.717) is 0 Å². The Morgan fingerprint density at radius 1 is 0.625 bits per heavy atom. The van der Waals surface area contributed by atoms with Crippen LogP contribution in [0.1, 0.15) is 132 Å². The molecule has 0 radical (unpaired) electrons. The van der Waals surface area contributed by atoms with Crippen LogP contribution >= 0.6 is 0 Å². The molecule has 0 N–H and O–H groups in total. The molecule has 0 fully saturated rings. The molecule has 0 saturated heterocycles. The summed E-state index contributed by atoms with van der Waals surface area (Å²) in [6.07, 6.45) is 22.1. The van der Waals surface area contributed by atoms with Crippen LogP contribution in [0.15, 0.2) is 109 Å². The molecular weight excluding hydrogens is 579 g/mol. The molecule has 0 heterocycles. The summed E-state index contributed by atoms with van der Waals surface area (Å²) >= 11 is 0. The summed E-state index contributed by atoms with van der Waals surface area (Å²) in [7, 11) is 0. The topological polar surface area (TPSA) is 12.4 Å². The summed E-state index contributed by atoms with van der Waals surface area (Å²) in [6, 6.07) is 21.2. The Morgan fingerprint density at radius 2 is 1.17 bits per heavy atom. The molecule has 48 heavy (non-hydrogen) atoms. The first-order valence-electron chi connectivity index (χ1n) is 18.0. The van der Waals surface area contributed by atoms with E-state index in [1.807, 2.05) is 65.8 Å². The summed E-state index contributed by atoms with van der Waals surface area (Å²) in [4.78, 5) is 4.08. The minimum absolute atomic E-state index is 1.05. The van der Waals surface area contributed by atoms with Gasteiger partial charge in [0.1, 0.15) is 0 Å². The molecule has 0 aliphatic rings. The zero-order chi connectivity index (χ0) is 37.0. The minimum Gasteiger partial charge on any atom is -0.265 e. The second-order valence-corrected chi connectivity index (χ2v) is 10.8. The van der Waals surface area contributed by atoms with Gasteiger partial charge < -0.3 is 0 Å². The Labute approximate surface area is 298 Å². The first-order chi connectivity index (χ1) is 23.2. The van der Waals surface area contributed by atoms with E-state index >= 15 is 0 Å². The van der Waals surface area contributed by atoms with Crippen molar-refractivity contribution in [1.29, 1.82) is 0 Å². The highest BCUT2D eigenvalue weighted by Gasteiger charge is 1.97. The van der Waals surface area contributed by atoms with Crippen LogP contribution in [0.2, 0.25) is 0 Å². The number of hydrogen-bond acceptors (Lipinski definition) is 1. The largest absolute Gasteiger partial charge is 0.265 e. The number of nitrogens with zero attached hydrogens (tertiary/aromatic N) is 1. The lowest BCUT2D eigenvalue weighted by molar-refractivity contribution is 0.656. The molecule has 1 nitrogen and oxygen atoms in total. The number of aryl methyl sites for hydroxylation is 5. The first-order valence-corrected chi connectivity index (χ1v) is 18.0. The molecule has 0 aliphatic carbocycles. The van der Waals surface area contributed by atoms with Gasteiger partial charge in [0, 0.05) is 23.5 Å². The molecule has 3 rings (SSSR count). The van der Waals surface area contributed by atoms with E-state index in [0.717, 1.165) is 16.7 Å². The van der Waals surface area contributed by atoms with Crippen LogP contribution in [0, 0.1) is 46.5 Å². The van der Waals surface area contributed by atoms with Crippen molar-refractivity contribution in [1.82, 2.24) is 0 Å². The van der Waals surface area contributed by atoms with Crippen molar-refractivity contribution >= 4 is 12.3 Å². The fourth-order valence-electron chi connectivity index (χ4n) is 3.62. The number of hydrogen-bond donors (Lipinski definition) is 0. The highest BCUT2D eigenvalue weighted by molar-refractivity contribution is 5.72. The minimum atomic E-state index is 1.05. The van der Waals surface area contributed by atoms with E-state index in [-0.39, 0.29) is 0 Å². The average molecular weight is 648 g/mol. The van der Waals surface area contributed by atoms with Crippen molar-refractivity contribution in [2.75, 3.05) is 0 Å². The predicted molar refractivity (Wildman–Crippen MR) is 223 cm³/mol. The molecule has 3 aromatic rings. The van der Waals surface area contributed by atoms with Gasteiger partial charge in [-0.1, -0.05) is 169 Å². The van der Waals surface area contributed by atoms with Gasteiger partial charge in [0.05, 0.1) is 0 Å². The maximum Gasteiger partial charge on any atom is 0.0284 e. The summed E-state index contributed by atoms with van der Waals surface area (Å²) in [5, 5.41) is 0. The smallest absolute Gasteiger partial charge is 0.0284 e. The van der Waals surface area contributed by atoms with Crippen LogP contribution in [-0.4, -0.2) is 6.21 Å². The van der Waals surface area contributed by atoms with Gasteiger partial charge in [0.2, 0.25) is 0 Å². The van der Waals surface area contributed by atoms with Crippen molar-refractivity contribution in [3.05, 3.63) is 148 Å². The molecule has 0 spiro atoms. The molecule has 0 atom stereocenters. The van der Waals surface area contributed by atoms with E-state index in [4.69, 9.17) is 0 Å². The number of aliphatic imine (C=N–C) groups is 1. The van der Waals surface area contributed by atoms with Crippen LogP contribution in [0.4, 0.5) is 0 Å². The van der Waals surface area contributed by atoms with Gasteiger partial charge >= 0.3 is 0 Å². The third kappa shape index (κ3) is 28.1. The summed E-state index contributed by atoms with van der Waals surface area (Å²) in [5.41, 5.74) is 9.66. The van der Waals surface area contributed by atoms with Gasteiger partial charge in [0.25, 0.3) is 0 Å². The van der Waals surface area contributed by atoms with E-state index in [2.05, 4.69) is 139 Å². The molecule has 0 aliphatic heterocycles. The molecule has 262 valence electrons. The highest BCUT2D eigenvalue weighted by Crippen LogP contribution is 2.13. The molecule has 3 aromatic carbocycles. The Bertz CT molecular complexity index is 1340. The van der Waals surface area contributed by atoms with Crippen molar-refractivity contribution in [2.45, 2.75) is 122 Å². The van der Waals surface area contributed by atoms with Crippen LogP contribution in [0.5, 0.6) is 0 Å². The Kier molecular flexibility index (Phi) is 35.9. The van der Waals surface area contributed by atoms with Crippen LogP contribution in [0.3, 0.4) is 0 Å². The zero-order valence-electron chi connectivity index (χ0n) is 33.1. The number of unbranched alkanes of at least 4 members (excludes halogenated alkanes) is 4. The fraction of sp³-hybridized carbons (Fsp3) is 0.383. The first kappa shape index (κ1) is 48.2. The van der Waals surface area contributed by atoms with Gasteiger partial charge in [-0.25, -0.2) is 0 Å². The van der Waals surface area contributed by atoms with Crippen molar-refractivity contribution in [3.8, 4) is 11.8 Å². The van der Waals surface area contributed by atoms with Crippen LogP contribution in [-0.2, 0) is 0 Å². The summed E-state index contributed by atoms with van der Waals surface area (Å²) < 4.78 is 0. The number of benzene rings is 3. The monoisotopic (exact) mass is 648 g/mol. The van der Waals surface area contributed by atoms with E-state index in [9.17, 15) is 0 Å². The standard InChI is InChI=1S/C25H25N.C8H10.C7H16.C3H6.2C2H6/c1-5-16-26-17-8-6-7-9-23-13-11-21(3)25(19-23)15-14-24-12-10-20(2)22(4)18-24;1-7-3-5-8(2)6-4-7;1-3-5-7-6-4-2;1-3-2;2*1-2/h5-13,16-19H,1-4H3;3-6H,1-2H3;3-7H2,1-2H3;3H,1H2,2H3;2*1-2H3/b8-6-,9-7+,16-5-,26-17-;;;;;. The van der Waals surface area contributed by atoms with Crippen molar-refractivity contribution in [3.63, 3.8) is 0 Å². The van der Waals surface area contributed by atoms with Gasteiger partial charge in [0.15, 0.2) is 0 Å². The third-order valence-corrected chi connectivity index (χ3v) is 6.45. The fourth-order valence-corrected chi connectivity index (χ4v) is 3.62. The predicted octanol–water partition coefficient (Wildman–Crippen LogP) is 14.7. The van der Waals surface area contributed by atoms with Crippen LogP contribution in [0.25, 0.3) is 6.08 Å². The maximum absolute atomic E-state index is 4.08. The molecule has 0 aromatic heterocycles. The van der Waals surface area contributed by atoms with E-state index in [1.165, 1.54) is 59.9 Å². The molecule has 0 unspecified atom stereocenters. The van der Waals surface area contributed by atoms with E-state index < -0.39 is 0 Å². The molecular formula is C47H69N. The Hall–Kier alpha value is -4.15. The number of rotatable bonds is 8. The molecule has 0 amide bonds. The van der Waals surface area contributed by atoms with Crippen molar-refractivity contribution < 1.29 is 0 Å². The number of allylic oxidation sites excluding steroid dienone is 5. The Morgan fingerprint density at radius 3 is 1.67 bits per heavy atom. The maximum atomic E-state index is 4.08. The second kappa shape index (κ2) is 35.7. The highest BCUT2D eigenvalue weighted by atomic mass is 14.6. The average Bonchev–Trinajstić information content (AvgIpc) is 3.10. The Balaban J connectivity index is -0.000000748. The molecule has 0 bridgehead atoms. The van der Waals surface area contributed by atoms with Gasteiger partial charge in [-0.05, 0) is 95.0 Å². The lowest BCUT2D eigenvalue weighted by Crippen LogP contribution is -1.85. The normalized spacial score (nSPS) is 9.77. The third-order valence-electron chi connectivity index (χ3n) is 6.45. The molecule has 1 heteroatoms. The van der Waals surface area contributed by atoms with Gasteiger partial charge in [-0.3, -0.25) is 4.99 Å². The van der Waals surface area contributed by atoms with Crippen LogP contribution < -0.4 is 0 Å². The molecule has 0 saturated carbocycles. The quantitative estimate of drug-likeness (QED) is 0.0758. The van der Waals surface area contributed by atoms with E-state index in [1.54, 1.807) is 18.5 Å².